The van der Waals surface area contributed by atoms with Gasteiger partial charge in [-0.05, 0) is 92.0 Å². The molecule has 1 saturated carbocycles. The first kappa shape index (κ1) is 32.7. The molecule has 242 valence electrons. The maximum Gasteiger partial charge on any atom is 0.409 e. The molecule has 1 aromatic heterocycles. The molecule has 1 fully saturated rings. The summed E-state index contributed by atoms with van der Waals surface area (Å²) in [6, 6.07) is 15.3. The zero-order chi connectivity index (χ0) is 32.5. The normalized spacial score (nSPS) is 23.0. The standard InChI is InChI=1S/C35H46N4O5S/c1-22-10-8-11-23(2)31(22)29-19-30-37-33(36-29)38-45(41,42)28-13-9-12-25(18-28)32(26(21-44-30)20-35(3,4)5)24-14-16-27(17-15-24)39(6)34(40)43-7/h8-13,18-19,24,26-27,32H,14-17,20-21H2,1-7H3,(H,36,37,38)/t24?,26-,27?,32?/m1/s1. The number of ether oxygens (including phenoxy) is 2. The van der Waals surface area contributed by atoms with Gasteiger partial charge in [-0.25, -0.2) is 22.9 Å². The van der Waals surface area contributed by atoms with Crippen LogP contribution < -0.4 is 9.46 Å². The van der Waals surface area contributed by atoms with Crippen molar-refractivity contribution in [2.75, 3.05) is 25.5 Å². The lowest BCUT2D eigenvalue weighted by atomic mass is 9.67. The summed E-state index contributed by atoms with van der Waals surface area (Å²) in [7, 11) is -0.784. The third-order valence-corrected chi connectivity index (χ3v) is 10.6. The molecular formula is C35H46N4O5S. The van der Waals surface area contributed by atoms with Crippen molar-refractivity contribution in [2.24, 2.45) is 17.3 Å². The van der Waals surface area contributed by atoms with Crippen molar-refractivity contribution in [3.05, 3.63) is 65.2 Å². The van der Waals surface area contributed by atoms with Crippen molar-refractivity contribution >= 4 is 22.1 Å². The van der Waals surface area contributed by atoms with Gasteiger partial charge in [0.2, 0.25) is 11.8 Å². The average molecular weight is 635 g/mol. The van der Waals surface area contributed by atoms with Gasteiger partial charge in [0.1, 0.15) is 0 Å². The predicted molar refractivity (Wildman–Crippen MR) is 176 cm³/mol. The second kappa shape index (κ2) is 13.0. The molecule has 5 rings (SSSR count). The molecule has 0 spiro atoms. The lowest BCUT2D eigenvalue weighted by molar-refractivity contribution is 0.0866. The molecule has 45 heavy (non-hydrogen) atoms. The Hall–Kier alpha value is -3.66. The van der Waals surface area contributed by atoms with Crippen LogP contribution in [0.2, 0.25) is 0 Å². The number of nitrogens with zero attached hydrogens (tertiary/aromatic N) is 3. The van der Waals surface area contributed by atoms with Crippen molar-refractivity contribution in [3.63, 3.8) is 0 Å². The quantitative estimate of drug-likeness (QED) is 0.320. The number of carbonyl (C=O) groups is 1. The van der Waals surface area contributed by atoms with Gasteiger partial charge in [0.25, 0.3) is 10.0 Å². The van der Waals surface area contributed by atoms with E-state index in [1.807, 2.05) is 56.3 Å². The second-order valence-electron chi connectivity index (χ2n) is 13.9. The number of aromatic nitrogens is 2. The van der Waals surface area contributed by atoms with E-state index in [2.05, 4.69) is 35.5 Å². The zero-order valence-electron chi connectivity index (χ0n) is 27.5. The van der Waals surface area contributed by atoms with Gasteiger partial charge in [-0.15, -0.1) is 0 Å². The van der Waals surface area contributed by atoms with E-state index in [0.29, 0.717) is 18.2 Å². The van der Waals surface area contributed by atoms with Gasteiger partial charge in [0, 0.05) is 30.6 Å². The van der Waals surface area contributed by atoms with Crippen LogP contribution in [0.3, 0.4) is 0 Å². The largest absolute Gasteiger partial charge is 0.477 e. The number of sulfonamides is 1. The predicted octanol–water partition coefficient (Wildman–Crippen LogP) is 7.35. The first-order valence-corrected chi connectivity index (χ1v) is 17.3. The molecular weight excluding hydrogens is 588 g/mol. The molecule has 1 aliphatic carbocycles. The monoisotopic (exact) mass is 634 g/mol. The summed E-state index contributed by atoms with van der Waals surface area (Å²) in [5.74, 6) is 0.724. The number of carbonyl (C=O) groups excluding carboxylic acids is 1. The Morgan fingerprint density at radius 3 is 2.33 bits per heavy atom. The van der Waals surface area contributed by atoms with Crippen LogP contribution in [0.15, 0.2) is 53.4 Å². The average Bonchev–Trinajstić information content (AvgIpc) is 2.98. The summed E-state index contributed by atoms with van der Waals surface area (Å²) in [6.45, 7) is 11.1. The van der Waals surface area contributed by atoms with E-state index in [-0.39, 0.29) is 46.1 Å². The number of fused-ring (bicyclic) bond motifs is 4. The number of methoxy groups -OCH3 is 1. The van der Waals surface area contributed by atoms with Crippen molar-refractivity contribution < 1.29 is 22.7 Å². The number of anilines is 1. The van der Waals surface area contributed by atoms with E-state index in [1.54, 1.807) is 18.0 Å². The summed E-state index contributed by atoms with van der Waals surface area (Å²) < 4.78 is 41.7. The topological polar surface area (TPSA) is 111 Å². The Morgan fingerprint density at radius 2 is 1.69 bits per heavy atom. The summed E-state index contributed by atoms with van der Waals surface area (Å²) in [5.41, 5.74) is 4.58. The number of hydrogen-bond donors (Lipinski definition) is 1. The first-order valence-electron chi connectivity index (χ1n) is 15.8. The number of aryl methyl sites for hydroxylation is 2. The lowest BCUT2D eigenvalue weighted by Crippen LogP contribution is -2.41. The van der Waals surface area contributed by atoms with Gasteiger partial charge < -0.3 is 14.4 Å². The smallest absolute Gasteiger partial charge is 0.409 e. The molecule has 2 aromatic carbocycles. The minimum absolute atomic E-state index is 0.00283. The maximum atomic E-state index is 13.8. The minimum atomic E-state index is -3.99. The summed E-state index contributed by atoms with van der Waals surface area (Å²) >= 11 is 0. The van der Waals surface area contributed by atoms with E-state index < -0.39 is 10.0 Å². The number of hydrogen-bond acceptors (Lipinski definition) is 7. The fourth-order valence-electron chi connectivity index (χ4n) is 7.30. The van der Waals surface area contributed by atoms with Crippen LogP contribution in [0.25, 0.3) is 11.3 Å². The fourth-order valence-corrected chi connectivity index (χ4v) is 8.30. The Balaban J connectivity index is 1.58. The highest BCUT2D eigenvalue weighted by atomic mass is 32.2. The molecule has 9 nitrogen and oxygen atoms in total. The number of nitrogens with one attached hydrogen (secondary N) is 1. The molecule has 1 aliphatic heterocycles. The van der Waals surface area contributed by atoms with Crippen LogP contribution in [0.4, 0.5) is 10.7 Å². The Kier molecular flexibility index (Phi) is 9.44. The molecule has 2 aliphatic rings. The molecule has 10 heteroatoms. The molecule has 1 amide bonds. The lowest BCUT2D eigenvalue weighted by Gasteiger charge is -2.41. The van der Waals surface area contributed by atoms with Gasteiger partial charge >= 0.3 is 6.09 Å². The van der Waals surface area contributed by atoms with Gasteiger partial charge in [-0.3, -0.25) is 0 Å². The van der Waals surface area contributed by atoms with Gasteiger partial charge in [0.15, 0.2) is 0 Å². The van der Waals surface area contributed by atoms with Gasteiger partial charge in [-0.1, -0.05) is 51.1 Å². The molecule has 1 N–H and O–H groups in total. The number of benzene rings is 2. The van der Waals surface area contributed by atoms with Gasteiger partial charge in [0.05, 0.1) is 24.3 Å². The highest BCUT2D eigenvalue weighted by Gasteiger charge is 2.38. The van der Waals surface area contributed by atoms with E-state index >= 15 is 0 Å². The number of amides is 1. The van der Waals surface area contributed by atoms with E-state index in [0.717, 1.165) is 54.4 Å². The summed E-state index contributed by atoms with van der Waals surface area (Å²) in [6.07, 6.45) is 4.06. The molecule has 2 heterocycles. The molecule has 0 saturated heterocycles. The van der Waals surface area contributed by atoms with Crippen molar-refractivity contribution in [3.8, 4) is 17.1 Å². The Morgan fingerprint density at radius 1 is 1.02 bits per heavy atom. The first-order chi connectivity index (χ1) is 21.3. The third-order valence-electron chi connectivity index (χ3n) is 9.31. The summed E-state index contributed by atoms with van der Waals surface area (Å²) in [5, 5.41) is 0. The van der Waals surface area contributed by atoms with Crippen molar-refractivity contribution in [1.29, 1.82) is 0 Å². The van der Waals surface area contributed by atoms with Crippen LogP contribution in [0.5, 0.6) is 5.88 Å². The highest BCUT2D eigenvalue weighted by molar-refractivity contribution is 7.92. The molecule has 4 bridgehead atoms. The van der Waals surface area contributed by atoms with Crippen LogP contribution in [-0.2, 0) is 14.8 Å². The maximum absolute atomic E-state index is 13.8. The Labute approximate surface area is 267 Å². The van der Waals surface area contributed by atoms with Crippen LogP contribution >= 0.6 is 0 Å². The minimum Gasteiger partial charge on any atom is -0.477 e. The number of rotatable bonds is 4. The highest BCUT2D eigenvalue weighted by Crippen LogP contribution is 2.46. The van der Waals surface area contributed by atoms with E-state index in [1.165, 1.54) is 7.11 Å². The third kappa shape index (κ3) is 7.43. The zero-order valence-corrected chi connectivity index (χ0v) is 28.3. The molecule has 2 atom stereocenters. The van der Waals surface area contributed by atoms with E-state index in [4.69, 9.17) is 9.47 Å². The van der Waals surface area contributed by atoms with Crippen LogP contribution in [0.1, 0.15) is 75.5 Å². The van der Waals surface area contributed by atoms with E-state index in [9.17, 15) is 13.2 Å². The van der Waals surface area contributed by atoms with Crippen molar-refractivity contribution in [2.45, 2.75) is 83.6 Å². The van der Waals surface area contributed by atoms with Gasteiger partial charge in [-0.2, -0.15) is 4.98 Å². The summed E-state index contributed by atoms with van der Waals surface area (Å²) in [4.78, 5) is 23.3. The second-order valence-corrected chi connectivity index (χ2v) is 15.6. The van der Waals surface area contributed by atoms with Crippen molar-refractivity contribution in [1.82, 2.24) is 14.9 Å². The molecule has 3 aromatic rings. The molecule has 0 radical (unpaired) electrons. The Bertz CT molecular complexity index is 1620. The van der Waals surface area contributed by atoms with Crippen LogP contribution in [0, 0.1) is 31.1 Å². The fraction of sp³-hybridized carbons (Fsp3) is 0.514. The molecule has 1 unspecified atom stereocenters. The SMILES string of the molecule is COC(=O)N(C)C1CCC(C2c3cccc(c3)S(=O)(=O)Nc3nc(cc(-c4c(C)cccc4C)n3)OC[C@H]2CC(C)(C)C)CC1. The van der Waals surface area contributed by atoms with Crippen LogP contribution in [-0.4, -0.2) is 56.2 Å².